The fourth-order valence-electron chi connectivity index (χ4n) is 0. The van der Waals surface area contributed by atoms with Crippen LogP contribution in [-0.2, 0) is 0 Å². The molecule has 0 atom stereocenters. The highest BCUT2D eigenvalue weighted by Gasteiger charge is 1.34. The molecule has 2 heteroatoms. The Balaban J connectivity index is 0. The SMILES string of the molecule is CCO.CNC. The Morgan fingerprint density at radius 2 is 1.50 bits per heavy atom. The molecule has 0 rings (SSSR count). The van der Waals surface area contributed by atoms with Gasteiger partial charge in [-0.25, -0.2) is 0 Å². The molecule has 2 nitrogen and oxygen atoms in total. The molecule has 0 aromatic rings. The van der Waals surface area contributed by atoms with E-state index in [-0.39, 0.29) is 6.61 Å². The number of aliphatic hydroxyl groups is 1. The van der Waals surface area contributed by atoms with Gasteiger partial charge in [-0.3, -0.25) is 0 Å². The van der Waals surface area contributed by atoms with Gasteiger partial charge < -0.3 is 10.4 Å². The van der Waals surface area contributed by atoms with E-state index in [2.05, 4.69) is 5.32 Å². The molecule has 0 radical (unpaired) electrons. The predicted molar refractivity (Wildman–Crippen MR) is 27.7 cm³/mol. The Kier molecular flexibility index (Phi) is 31.9. The summed E-state index contributed by atoms with van der Waals surface area (Å²) in [7, 11) is 3.75. The summed E-state index contributed by atoms with van der Waals surface area (Å²) in [6.45, 7) is 1.93. The molecular weight excluding hydrogens is 78.0 g/mol. The van der Waals surface area contributed by atoms with Crippen LogP contribution in [0.3, 0.4) is 0 Å². The first-order valence-electron chi connectivity index (χ1n) is 2.02. The molecule has 0 aromatic carbocycles. The number of rotatable bonds is 0. The van der Waals surface area contributed by atoms with Gasteiger partial charge in [0.1, 0.15) is 0 Å². The Labute approximate surface area is 39.2 Å². The molecule has 0 unspecified atom stereocenters. The first-order valence-corrected chi connectivity index (χ1v) is 2.02. The summed E-state index contributed by atoms with van der Waals surface area (Å²) in [5, 5.41) is 10.3. The maximum atomic E-state index is 7.57. The fourth-order valence-corrected chi connectivity index (χ4v) is 0. The topological polar surface area (TPSA) is 32.3 Å². The summed E-state index contributed by atoms with van der Waals surface area (Å²) in [6, 6.07) is 0. The Morgan fingerprint density at radius 3 is 1.50 bits per heavy atom. The lowest BCUT2D eigenvalue weighted by atomic mass is 10.9. The first kappa shape index (κ1) is 9.33. The Morgan fingerprint density at radius 1 is 1.50 bits per heavy atom. The van der Waals surface area contributed by atoms with Crippen LogP contribution in [0.1, 0.15) is 6.92 Å². The van der Waals surface area contributed by atoms with Gasteiger partial charge in [0.25, 0.3) is 0 Å². The van der Waals surface area contributed by atoms with Crippen LogP contribution in [0.15, 0.2) is 0 Å². The van der Waals surface area contributed by atoms with Gasteiger partial charge in [0, 0.05) is 6.61 Å². The summed E-state index contributed by atoms with van der Waals surface area (Å²) in [4.78, 5) is 0. The third kappa shape index (κ3) is 5220. The van der Waals surface area contributed by atoms with E-state index in [1.165, 1.54) is 0 Å². The molecule has 6 heavy (non-hydrogen) atoms. The largest absolute Gasteiger partial charge is 0.397 e. The minimum Gasteiger partial charge on any atom is -0.397 e. The van der Waals surface area contributed by atoms with Crippen LogP contribution in [0.4, 0.5) is 0 Å². The summed E-state index contributed by atoms with van der Waals surface area (Å²) in [5.74, 6) is 0. The van der Waals surface area contributed by atoms with Crippen molar-refractivity contribution in [2.45, 2.75) is 6.92 Å². The van der Waals surface area contributed by atoms with Crippen LogP contribution in [0.2, 0.25) is 0 Å². The summed E-state index contributed by atoms with van der Waals surface area (Å²) in [6.07, 6.45) is 0. The van der Waals surface area contributed by atoms with E-state index >= 15 is 0 Å². The van der Waals surface area contributed by atoms with Gasteiger partial charge in [-0.15, -0.1) is 0 Å². The van der Waals surface area contributed by atoms with Crippen molar-refractivity contribution in [1.29, 1.82) is 0 Å². The van der Waals surface area contributed by atoms with Crippen LogP contribution in [0.5, 0.6) is 0 Å². The second kappa shape index (κ2) is 20.5. The number of nitrogens with one attached hydrogen (secondary N) is 1. The van der Waals surface area contributed by atoms with Crippen LogP contribution in [0.25, 0.3) is 0 Å². The van der Waals surface area contributed by atoms with E-state index < -0.39 is 0 Å². The van der Waals surface area contributed by atoms with Gasteiger partial charge in [0.05, 0.1) is 0 Å². The van der Waals surface area contributed by atoms with Gasteiger partial charge in [-0.05, 0) is 21.0 Å². The molecule has 2 N–H and O–H groups in total. The molecule has 0 aliphatic heterocycles. The average Bonchev–Trinajstić information content (AvgIpc) is 1.39. The monoisotopic (exact) mass is 91.1 g/mol. The van der Waals surface area contributed by atoms with Gasteiger partial charge in [0.15, 0.2) is 0 Å². The van der Waals surface area contributed by atoms with Crippen molar-refractivity contribution in [1.82, 2.24) is 5.32 Å². The van der Waals surface area contributed by atoms with E-state index in [0.717, 1.165) is 0 Å². The van der Waals surface area contributed by atoms with Crippen molar-refractivity contribution in [3.05, 3.63) is 0 Å². The van der Waals surface area contributed by atoms with Gasteiger partial charge in [0.2, 0.25) is 0 Å². The maximum absolute atomic E-state index is 7.57. The molecule has 0 fully saturated rings. The van der Waals surface area contributed by atoms with E-state index in [4.69, 9.17) is 5.11 Å². The summed E-state index contributed by atoms with van der Waals surface area (Å²) < 4.78 is 0. The second-order valence-electron chi connectivity index (χ2n) is 0.816. The van der Waals surface area contributed by atoms with Gasteiger partial charge in [-0.1, -0.05) is 0 Å². The van der Waals surface area contributed by atoms with Crippen LogP contribution < -0.4 is 5.32 Å². The van der Waals surface area contributed by atoms with Crippen molar-refractivity contribution in [2.75, 3.05) is 20.7 Å². The molecule has 40 valence electrons. The van der Waals surface area contributed by atoms with Gasteiger partial charge in [-0.2, -0.15) is 0 Å². The third-order valence-electron chi connectivity index (χ3n) is 0. The average molecular weight is 91.2 g/mol. The lowest BCUT2D eigenvalue weighted by molar-refractivity contribution is 0.318. The molecule has 0 aliphatic rings. The Hall–Kier alpha value is -0.0800. The normalized spacial score (nSPS) is 6.00. The summed E-state index contributed by atoms with van der Waals surface area (Å²) >= 11 is 0. The first-order chi connectivity index (χ1) is 2.83. The minimum atomic E-state index is 0.250. The van der Waals surface area contributed by atoms with Crippen molar-refractivity contribution in [3.63, 3.8) is 0 Å². The number of hydrogen-bond acceptors (Lipinski definition) is 2. The zero-order chi connectivity index (χ0) is 5.41. The van der Waals surface area contributed by atoms with Crippen LogP contribution in [-0.4, -0.2) is 25.8 Å². The molecule has 0 amide bonds. The maximum Gasteiger partial charge on any atom is 0.0402 e. The molecule has 0 aliphatic carbocycles. The second-order valence-corrected chi connectivity index (χ2v) is 0.816. The van der Waals surface area contributed by atoms with Crippen molar-refractivity contribution in [3.8, 4) is 0 Å². The zero-order valence-electron chi connectivity index (χ0n) is 4.65. The fraction of sp³-hybridized carbons (Fsp3) is 1.00. The third-order valence-corrected chi connectivity index (χ3v) is 0. The summed E-state index contributed by atoms with van der Waals surface area (Å²) in [5.41, 5.74) is 0. The standard InChI is InChI=1S/C2H7N.C2H6O/c1-3-2;1-2-3/h3H,1-2H3;3H,2H2,1H3. The van der Waals surface area contributed by atoms with E-state index in [1.807, 2.05) is 14.1 Å². The molecule has 0 aromatic heterocycles. The highest BCUT2D eigenvalue weighted by atomic mass is 16.2. The Bertz CT molecular complexity index is 9.51. The van der Waals surface area contributed by atoms with Crippen LogP contribution in [0, 0.1) is 0 Å². The van der Waals surface area contributed by atoms with E-state index in [9.17, 15) is 0 Å². The molecule has 0 saturated heterocycles. The lowest BCUT2D eigenvalue weighted by Crippen LogP contribution is -1.89. The van der Waals surface area contributed by atoms with E-state index in [0.29, 0.717) is 0 Å². The van der Waals surface area contributed by atoms with E-state index in [1.54, 1.807) is 6.92 Å². The molecule has 0 saturated carbocycles. The highest BCUT2D eigenvalue weighted by molar-refractivity contribution is 3.91. The molecule has 0 bridgehead atoms. The van der Waals surface area contributed by atoms with Crippen molar-refractivity contribution >= 4 is 0 Å². The molecule has 0 spiro atoms. The predicted octanol–water partition coefficient (Wildman–Crippen LogP) is -0.166. The molecular formula is C4H13NO. The number of aliphatic hydroxyl groups excluding tert-OH is 1. The van der Waals surface area contributed by atoms with Crippen molar-refractivity contribution in [2.24, 2.45) is 0 Å². The zero-order valence-corrected chi connectivity index (χ0v) is 4.65. The van der Waals surface area contributed by atoms with Gasteiger partial charge >= 0.3 is 0 Å². The molecule has 0 heterocycles. The van der Waals surface area contributed by atoms with Crippen molar-refractivity contribution < 1.29 is 5.11 Å². The quantitative estimate of drug-likeness (QED) is 0.434. The minimum absolute atomic E-state index is 0.250. The van der Waals surface area contributed by atoms with Crippen LogP contribution >= 0.6 is 0 Å². The highest BCUT2D eigenvalue weighted by Crippen LogP contribution is 1.30. The lowest BCUT2D eigenvalue weighted by Gasteiger charge is -1.59. The number of hydrogen-bond donors (Lipinski definition) is 2. The smallest absolute Gasteiger partial charge is 0.0402 e.